The number of nitrogens with one attached hydrogen (secondary N) is 1. The van der Waals surface area contributed by atoms with Gasteiger partial charge in [-0.2, -0.15) is 10.3 Å². The molecule has 0 saturated carbocycles. The van der Waals surface area contributed by atoms with Crippen LogP contribution in [0.5, 0.6) is 0 Å². The van der Waals surface area contributed by atoms with E-state index >= 15 is 0 Å². The fourth-order valence-corrected chi connectivity index (χ4v) is 4.20. The Balaban J connectivity index is 2.39. The summed E-state index contributed by atoms with van der Waals surface area (Å²) < 4.78 is 1.68. The lowest BCUT2D eigenvalue weighted by molar-refractivity contribution is 0.0687. The lowest BCUT2D eigenvalue weighted by Gasteiger charge is -2.16. The first-order chi connectivity index (χ1) is 10.4. The summed E-state index contributed by atoms with van der Waals surface area (Å²) in [5, 5.41) is 21.2. The van der Waals surface area contributed by atoms with Crippen LogP contribution in [0.3, 0.4) is 0 Å². The number of hydrogen-bond acceptors (Lipinski definition) is 3. The maximum Gasteiger partial charge on any atom is 0.353 e. The van der Waals surface area contributed by atoms with Crippen LogP contribution in [0.15, 0.2) is 30.5 Å². The summed E-state index contributed by atoms with van der Waals surface area (Å²) in [6.45, 7) is 6.71. The maximum atomic E-state index is 11.9. The van der Waals surface area contributed by atoms with E-state index in [0.717, 1.165) is 22.5 Å². The van der Waals surface area contributed by atoms with E-state index in [1.54, 1.807) is 4.57 Å². The molecule has 0 aliphatic heterocycles. The number of aromatic carboxylic acids is 1. The Morgan fingerprint density at radius 1 is 1.32 bits per heavy atom. The molecule has 0 spiro atoms. The number of fused-ring (bicyclic) bond motifs is 1. The van der Waals surface area contributed by atoms with Crippen molar-refractivity contribution >= 4 is 24.9 Å². The number of H-pyrrole nitrogens is 1. The third kappa shape index (κ3) is 2.43. The molecule has 3 rings (SSSR count). The minimum atomic E-state index is -1.48. The van der Waals surface area contributed by atoms with Crippen molar-refractivity contribution in [2.24, 2.45) is 0 Å². The highest BCUT2D eigenvalue weighted by Gasteiger charge is 2.27. The molecule has 1 aromatic carbocycles. The molecule has 0 unspecified atom stereocenters. The summed E-state index contributed by atoms with van der Waals surface area (Å²) in [4.78, 5) is 11.9. The SMILES string of the molecule is C[Si](C)(C)Cc1c(C(=O)O)n(-c2cn[nH]n2)c2ccccc12. The van der Waals surface area contributed by atoms with Crippen LogP contribution in [0.4, 0.5) is 0 Å². The third-order valence-electron chi connectivity index (χ3n) is 3.52. The summed E-state index contributed by atoms with van der Waals surface area (Å²) in [5.74, 6) is -0.442. The van der Waals surface area contributed by atoms with Gasteiger partial charge in [0, 0.05) is 13.5 Å². The standard InChI is InChI=1S/C15H18N4O2Si/c1-22(2,3)9-11-10-6-4-5-7-12(10)19(14(11)15(20)21)13-8-16-18-17-13/h4-8H,9H2,1-3H3,(H,20,21)(H,16,17,18). The van der Waals surface area contributed by atoms with Crippen molar-refractivity contribution in [2.75, 3.05) is 0 Å². The van der Waals surface area contributed by atoms with Crippen LogP contribution in [0, 0.1) is 0 Å². The summed E-state index contributed by atoms with van der Waals surface area (Å²) in [6.07, 6.45) is 1.54. The van der Waals surface area contributed by atoms with Gasteiger partial charge in [0.05, 0.1) is 11.7 Å². The number of carboxylic acid groups (broad SMARTS) is 1. The van der Waals surface area contributed by atoms with Crippen LogP contribution in [0.1, 0.15) is 16.1 Å². The average Bonchev–Trinajstić information content (AvgIpc) is 3.03. The minimum absolute atomic E-state index is 0.289. The Kier molecular flexibility index (Phi) is 3.36. The Labute approximate surface area is 128 Å². The monoisotopic (exact) mass is 314 g/mol. The molecule has 6 nitrogen and oxygen atoms in total. The third-order valence-corrected chi connectivity index (χ3v) is 4.93. The van der Waals surface area contributed by atoms with E-state index < -0.39 is 14.0 Å². The van der Waals surface area contributed by atoms with Gasteiger partial charge in [-0.15, -0.1) is 5.10 Å². The normalized spacial score (nSPS) is 12.0. The van der Waals surface area contributed by atoms with Gasteiger partial charge >= 0.3 is 5.97 Å². The zero-order chi connectivity index (χ0) is 15.9. The zero-order valence-electron chi connectivity index (χ0n) is 12.8. The van der Waals surface area contributed by atoms with Crippen LogP contribution in [0.25, 0.3) is 16.7 Å². The maximum absolute atomic E-state index is 11.9. The van der Waals surface area contributed by atoms with Gasteiger partial charge in [-0.25, -0.2) is 4.79 Å². The van der Waals surface area contributed by atoms with Crippen molar-refractivity contribution < 1.29 is 9.90 Å². The van der Waals surface area contributed by atoms with E-state index in [2.05, 4.69) is 35.1 Å². The highest BCUT2D eigenvalue weighted by molar-refractivity contribution is 6.75. The second-order valence-corrected chi connectivity index (χ2v) is 12.0. The van der Waals surface area contributed by atoms with Crippen molar-refractivity contribution in [3.05, 3.63) is 41.7 Å². The van der Waals surface area contributed by atoms with Crippen molar-refractivity contribution in [2.45, 2.75) is 25.7 Å². The van der Waals surface area contributed by atoms with Crippen LogP contribution in [0.2, 0.25) is 19.6 Å². The van der Waals surface area contributed by atoms with Gasteiger partial charge in [0.15, 0.2) is 5.82 Å². The molecule has 0 amide bonds. The highest BCUT2D eigenvalue weighted by Crippen LogP contribution is 2.31. The number of hydrogen-bond donors (Lipinski definition) is 2. The number of para-hydroxylation sites is 1. The van der Waals surface area contributed by atoms with Crippen molar-refractivity contribution in [1.29, 1.82) is 0 Å². The van der Waals surface area contributed by atoms with Crippen molar-refractivity contribution in [1.82, 2.24) is 20.0 Å². The summed E-state index contributed by atoms with van der Waals surface area (Å²) >= 11 is 0. The quantitative estimate of drug-likeness (QED) is 0.725. The van der Waals surface area contributed by atoms with Crippen LogP contribution in [-0.4, -0.2) is 39.1 Å². The van der Waals surface area contributed by atoms with Crippen molar-refractivity contribution in [3.8, 4) is 5.82 Å². The Hall–Kier alpha value is -2.41. The molecular formula is C15H18N4O2Si. The molecule has 114 valence electrons. The fraction of sp³-hybridized carbons (Fsp3) is 0.267. The first kappa shape index (κ1) is 14.5. The summed E-state index contributed by atoms with van der Waals surface area (Å²) in [6, 6.07) is 8.55. The molecule has 0 aliphatic carbocycles. The van der Waals surface area contributed by atoms with E-state index in [4.69, 9.17) is 0 Å². The molecule has 0 saturated heterocycles. The van der Waals surface area contributed by atoms with Crippen LogP contribution < -0.4 is 0 Å². The molecule has 2 heterocycles. The molecule has 0 radical (unpaired) electrons. The molecule has 3 aromatic rings. The predicted molar refractivity (Wildman–Crippen MR) is 87.2 cm³/mol. The molecule has 2 aromatic heterocycles. The van der Waals surface area contributed by atoms with Gasteiger partial charge in [0.2, 0.25) is 0 Å². The van der Waals surface area contributed by atoms with E-state index in [0.29, 0.717) is 5.82 Å². The molecule has 22 heavy (non-hydrogen) atoms. The largest absolute Gasteiger partial charge is 0.477 e. The molecule has 0 aliphatic rings. The number of rotatable bonds is 4. The molecule has 2 N–H and O–H groups in total. The van der Waals surface area contributed by atoms with Crippen LogP contribution in [-0.2, 0) is 6.04 Å². The Morgan fingerprint density at radius 3 is 2.64 bits per heavy atom. The lowest BCUT2D eigenvalue weighted by atomic mass is 10.1. The van der Waals surface area contributed by atoms with Crippen molar-refractivity contribution in [3.63, 3.8) is 0 Å². The number of benzene rings is 1. The van der Waals surface area contributed by atoms with E-state index in [-0.39, 0.29) is 5.69 Å². The zero-order valence-corrected chi connectivity index (χ0v) is 13.8. The van der Waals surface area contributed by atoms with Gasteiger partial charge < -0.3 is 5.11 Å². The number of aromatic amines is 1. The number of carbonyl (C=O) groups is 1. The molecule has 0 atom stereocenters. The first-order valence-corrected chi connectivity index (χ1v) is 10.8. The van der Waals surface area contributed by atoms with E-state index in [1.807, 2.05) is 24.3 Å². The first-order valence-electron chi connectivity index (χ1n) is 7.10. The smallest absolute Gasteiger partial charge is 0.353 e. The Morgan fingerprint density at radius 2 is 2.05 bits per heavy atom. The second kappa shape index (κ2) is 5.10. The van der Waals surface area contributed by atoms with Gasteiger partial charge in [-0.3, -0.25) is 4.57 Å². The van der Waals surface area contributed by atoms with Crippen LogP contribution >= 0.6 is 0 Å². The fourth-order valence-electron chi connectivity index (χ4n) is 2.78. The summed E-state index contributed by atoms with van der Waals surface area (Å²) in [7, 11) is -1.48. The van der Waals surface area contributed by atoms with Gasteiger partial charge in [0.25, 0.3) is 0 Å². The summed E-state index contributed by atoms with van der Waals surface area (Å²) in [5.41, 5.74) is 2.03. The lowest BCUT2D eigenvalue weighted by Crippen LogP contribution is -2.25. The van der Waals surface area contributed by atoms with Gasteiger partial charge in [-0.05, 0) is 17.7 Å². The van der Waals surface area contributed by atoms with E-state index in [1.165, 1.54) is 6.20 Å². The second-order valence-electron chi connectivity index (χ2n) is 6.55. The Bertz CT molecular complexity index is 831. The molecule has 7 heteroatoms. The molecular weight excluding hydrogens is 296 g/mol. The number of aromatic nitrogens is 4. The number of nitrogens with zero attached hydrogens (tertiary/aromatic N) is 3. The highest BCUT2D eigenvalue weighted by atomic mass is 28.3. The molecule has 0 bridgehead atoms. The minimum Gasteiger partial charge on any atom is -0.477 e. The number of carboxylic acids is 1. The molecule has 0 fully saturated rings. The predicted octanol–water partition coefficient (Wildman–Crippen LogP) is 2.87. The topological polar surface area (TPSA) is 83.8 Å². The van der Waals surface area contributed by atoms with E-state index in [9.17, 15) is 9.90 Å². The van der Waals surface area contributed by atoms with Gasteiger partial charge in [-0.1, -0.05) is 37.8 Å². The van der Waals surface area contributed by atoms with Gasteiger partial charge in [0.1, 0.15) is 5.69 Å². The average molecular weight is 314 g/mol.